The molecule has 1 fully saturated rings. The Morgan fingerprint density at radius 2 is 2.00 bits per heavy atom. The molecule has 1 aliphatic rings. The molecule has 0 bridgehead atoms. The van der Waals surface area contributed by atoms with Crippen molar-refractivity contribution >= 4 is 33.1 Å². The van der Waals surface area contributed by atoms with E-state index in [1.165, 1.54) is 4.31 Å². The maximum absolute atomic E-state index is 14.5. The number of aromatic nitrogens is 3. The molecule has 32 heavy (non-hydrogen) atoms. The second kappa shape index (κ2) is 9.27. The van der Waals surface area contributed by atoms with E-state index in [0.29, 0.717) is 24.2 Å². The second-order valence-corrected chi connectivity index (χ2v) is 10.0. The highest BCUT2D eigenvalue weighted by atomic mass is 32.2. The molecule has 1 aliphatic heterocycles. The van der Waals surface area contributed by atoms with Gasteiger partial charge in [0.15, 0.2) is 16.5 Å². The molecule has 0 atom stereocenters. The fraction of sp³-hybridized carbons (Fsp3) is 0.500. The maximum Gasteiger partial charge on any atom is 0.434 e. The number of anilines is 1. The first kappa shape index (κ1) is 24.3. The van der Waals surface area contributed by atoms with E-state index in [0.717, 1.165) is 12.5 Å². The van der Waals surface area contributed by atoms with Crippen molar-refractivity contribution in [2.75, 3.05) is 31.3 Å². The number of sulfonamides is 1. The molecule has 0 amide bonds. The van der Waals surface area contributed by atoms with E-state index in [1.54, 1.807) is 6.92 Å². The van der Waals surface area contributed by atoms with Crippen molar-refractivity contribution in [1.82, 2.24) is 19.3 Å². The third-order valence-electron chi connectivity index (χ3n) is 4.67. The Labute approximate surface area is 186 Å². The van der Waals surface area contributed by atoms with Crippen LogP contribution in [0.2, 0.25) is 0 Å². The van der Waals surface area contributed by atoms with E-state index in [9.17, 15) is 26.0 Å². The van der Waals surface area contributed by atoms with Gasteiger partial charge in [-0.1, -0.05) is 6.58 Å². The standard InChI is InChI=1S/C18H21F4N5O3S2/c1-4-30-10(2)16-26-15(18(20,21)22)14(31-16)13-12(19)9-23-17(25-13)24-11-5-7-27(8-6-11)32(3,28)29/h9,11H,2,4-8H2,1,3H3,(H,23,24,25). The molecule has 1 N–H and O–H groups in total. The van der Waals surface area contributed by atoms with Crippen molar-refractivity contribution in [2.24, 2.45) is 0 Å². The van der Waals surface area contributed by atoms with Crippen molar-refractivity contribution in [3.63, 3.8) is 0 Å². The first-order valence-corrected chi connectivity index (χ1v) is 12.2. The number of hydrogen-bond acceptors (Lipinski definition) is 8. The van der Waals surface area contributed by atoms with Crippen LogP contribution in [0, 0.1) is 5.82 Å². The van der Waals surface area contributed by atoms with Crippen molar-refractivity contribution in [3.05, 3.63) is 29.3 Å². The zero-order valence-corrected chi connectivity index (χ0v) is 18.9. The molecule has 0 unspecified atom stereocenters. The number of halogens is 4. The van der Waals surface area contributed by atoms with Gasteiger partial charge in [0.2, 0.25) is 16.0 Å². The summed E-state index contributed by atoms with van der Waals surface area (Å²) in [5.41, 5.74) is -1.83. The van der Waals surface area contributed by atoms with Crippen molar-refractivity contribution in [2.45, 2.75) is 32.0 Å². The summed E-state index contributed by atoms with van der Waals surface area (Å²) in [6, 6.07) is -0.219. The van der Waals surface area contributed by atoms with Crippen LogP contribution in [-0.2, 0) is 20.9 Å². The van der Waals surface area contributed by atoms with Gasteiger partial charge in [-0.05, 0) is 19.8 Å². The molecule has 0 aliphatic carbocycles. The number of thiazole rings is 1. The summed E-state index contributed by atoms with van der Waals surface area (Å²) in [4.78, 5) is 10.8. The molecule has 3 heterocycles. The fourth-order valence-corrected chi connectivity index (χ4v) is 5.01. The van der Waals surface area contributed by atoms with E-state index in [4.69, 9.17) is 4.74 Å². The van der Waals surface area contributed by atoms with Crippen LogP contribution in [0.15, 0.2) is 12.8 Å². The van der Waals surface area contributed by atoms with E-state index in [1.807, 2.05) is 0 Å². The highest BCUT2D eigenvalue weighted by Crippen LogP contribution is 2.42. The lowest BCUT2D eigenvalue weighted by Crippen LogP contribution is -2.42. The van der Waals surface area contributed by atoms with Gasteiger partial charge in [0.05, 0.1) is 23.9 Å². The Kier molecular flexibility index (Phi) is 7.05. The third-order valence-corrected chi connectivity index (χ3v) is 7.07. The number of alkyl halides is 3. The summed E-state index contributed by atoms with van der Waals surface area (Å²) in [6.45, 7) is 5.94. The quantitative estimate of drug-likeness (QED) is 0.463. The Morgan fingerprint density at radius 3 is 2.56 bits per heavy atom. The minimum atomic E-state index is -4.85. The molecular weight excluding hydrogens is 474 g/mol. The van der Waals surface area contributed by atoms with Crippen molar-refractivity contribution < 1.29 is 30.7 Å². The van der Waals surface area contributed by atoms with E-state index in [-0.39, 0.29) is 42.5 Å². The fourth-order valence-electron chi connectivity index (χ4n) is 3.14. The maximum atomic E-state index is 14.5. The zero-order valence-electron chi connectivity index (χ0n) is 17.2. The predicted octanol–water partition coefficient (Wildman–Crippen LogP) is 3.60. The van der Waals surface area contributed by atoms with E-state index < -0.39 is 38.3 Å². The van der Waals surface area contributed by atoms with Crippen LogP contribution in [-0.4, -0.2) is 59.7 Å². The molecule has 2 aromatic heterocycles. The lowest BCUT2D eigenvalue weighted by molar-refractivity contribution is -0.140. The topological polar surface area (TPSA) is 97.3 Å². The van der Waals surface area contributed by atoms with E-state index in [2.05, 4.69) is 26.8 Å². The van der Waals surface area contributed by atoms with Gasteiger partial charge in [-0.3, -0.25) is 0 Å². The number of nitrogens with one attached hydrogen (secondary N) is 1. The summed E-state index contributed by atoms with van der Waals surface area (Å²) >= 11 is 0.572. The Bertz CT molecular complexity index is 1100. The van der Waals surface area contributed by atoms with Crippen LogP contribution in [0.25, 0.3) is 16.3 Å². The Morgan fingerprint density at radius 1 is 1.34 bits per heavy atom. The minimum absolute atomic E-state index is 0.0558. The highest BCUT2D eigenvalue weighted by molar-refractivity contribution is 7.88. The number of piperidine rings is 1. The number of hydrogen-bond donors (Lipinski definition) is 1. The average molecular weight is 496 g/mol. The van der Waals surface area contributed by atoms with Gasteiger partial charge in [0.1, 0.15) is 11.5 Å². The Balaban J connectivity index is 1.88. The first-order chi connectivity index (χ1) is 14.9. The van der Waals surface area contributed by atoms with Gasteiger partial charge in [0.25, 0.3) is 0 Å². The molecule has 2 aromatic rings. The monoisotopic (exact) mass is 495 g/mol. The van der Waals surface area contributed by atoms with Crippen LogP contribution < -0.4 is 5.32 Å². The molecule has 176 valence electrons. The molecule has 14 heteroatoms. The van der Waals surface area contributed by atoms with Crippen LogP contribution in [0.4, 0.5) is 23.5 Å². The van der Waals surface area contributed by atoms with Crippen LogP contribution in [0.5, 0.6) is 0 Å². The van der Waals surface area contributed by atoms with Gasteiger partial charge in [-0.15, -0.1) is 11.3 Å². The smallest absolute Gasteiger partial charge is 0.434 e. The van der Waals surface area contributed by atoms with Crippen molar-refractivity contribution in [3.8, 4) is 10.6 Å². The molecule has 0 saturated carbocycles. The molecule has 0 aromatic carbocycles. The van der Waals surface area contributed by atoms with Gasteiger partial charge in [-0.2, -0.15) is 13.2 Å². The summed E-state index contributed by atoms with van der Waals surface area (Å²) in [5, 5.41) is 2.82. The van der Waals surface area contributed by atoms with Crippen LogP contribution in [0.1, 0.15) is 30.5 Å². The Hall–Kier alpha value is -2.32. The SMILES string of the molecule is C=C(OCC)c1nc(C(F)(F)F)c(-c2nc(NC3CCN(S(C)(=O)=O)CC3)ncc2F)s1. The molecule has 3 rings (SSSR count). The summed E-state index contributed by atoms with van der Waals surface area (Å²) in [5.74, 6) is -1.16. The molecule has 0 spiro atoms. The third kappa shape index (κ3) is 5.53. The van der Waals surface area contributed by atoms with Gasteiger partial charge in [-0.25, -0.2) is 32.1 Å². The second-order valence-electron chi connectivity index (χ2n) is 7.02. The van der Waals surface area contributed by atoms with Gasteiger partial charge in [0, 0.05) is 19.1 Å². The lowest BCUT2D eigenvalue weighted by Gasteiger charge is -2.30. The molecular formula is C18H21F4N5O3S2. The van der Waals surface area contributed by atoms with E-state index >= 15 is 0 Å². The molecule has 1 saturated heterocycles. The summed E-state index contributed by atoms with van der Waals surface area (Å²) < 4.78 is 84.9. The summed E-state index contributed by atoms with van der Waals surface area (Å²) in [7, 11) is -3.30. The van der Waals surface area contributed by atoms with Crippen LogP contribution in [0.3, 0.4) is 0 Å². The first-order valence-electron chi connectivity index (χ1n) is 9.54. The lowest BCUT2D eigenvalue weighted by atomic mass is 10.1. The van der Waals surface area contributed by atoms with Crippen LogP contribution >= 0.6 is 11.3 Å². The molecule has 8 nitrogen and oxygen atoms in total. The van der Waals surface area contributed by atoms with Gasteiger partial charge < -0.3 is 10.1 Å². The number of nitrogens with zero attached hydrogens (tertiary/aromatic N) is 4. The normalized spacial score (nSPS) is 16.2. The predicted molar refractivity (Wildman–Crippen MR) is 112 cm³/mol. The largest absolute Gasteiger partial charge is 0.491 e. The van der Waals surface area contributed by atoms with Gasteiger partial charge >= 0.3 is 6.18 Å². The summed E-state index contributed by atoms with van der Waals surface area (Å²) in [6.07, 6.45) is -2.06. The minimum Gasteiger partial charge on any atom is -0.491 e. The highest BCUT2D eigenvalue weighted by Gasteiger charge is 2.39. The molecule has 0 radical (unpaired) electrons. The zero-order chi connectivity index (χ0) is 23.7. The van der Waals surface area contributed by atoms with Crippen molar-refractivity contribution in [1.29, 1.82) is 0 Å². The number of rotatable bonds is 7. The average Bonchev–Trinajstić information content (AvgIpc) is 3.15. The number of ether oxygens (including phenoxy) is 1.